The number of para-hydroxylation sites is 1. The molecule has 0 aromatic heterocycles. The van der Waals surface area contributed by atoms with E-state index in [0.29, 0.717) is 29.8 Å². The molecule has 142 valence electrons. The highest BCUT2D eigenvalue weighted by molar-refractivity contribution is 7.89. The fourth-order valence-corrected chi connectivity index (χ4v) is 5.00. The minimum atomic E-state index is -3.98. The third-order valence-corrected chi connectivity index (χ3v) is 6.70. The van der Waals surface area contributed by atoms with E-state index in [4.69, 9.17) is 4.74 Å². The van der Waals surface area contributed by atoms with Crippen LogP contribution in [0.1, 0.15) is 18.4 Å². The van der Waals surface area contributed by atoms with Gasteiger partial charge in [0.05, 0.1) is 6.54 Å². The van der Waals surface area contributed by atoms with Crippen LogP contribution in [0.15, 0.2) is 47.4 Å². The topological polar surface area (TPSA) is 75.7 Å². The van der Waals surface area contributed by atoms with E-state index in [-0.39, 0.29) is 36.4 Å². The average Bonchev–Trinajstić information content (AvgIpc) is 3.11. The number of carbonyl (C=O) groups excluding carboxylic acids is 1. The Kier molecular flexibility index (Phi) is 4.61. The van der Waals surface area contributed by atoms with Crippen molar-refractivity contribution in [1.82, 2.24) is 4.31 Å². The van der Waals surface area contributed by atoms with Crippen LogP contribution in [0.25, 0.3) is 0 Å². The number of amides is 1. The molecule has 2 aliphatic rings. The molecule has 8 heteroatoms. The van der Waals surface area contributed by atoms with Gasteiger partial charge in [-0.05, 0) is 42.7 Å². The van der Waals surface area contributed by atoms with Gasteiger partial charge in [0.15, 0.2) is 0 Å². The maximum absolute atomic E-state index is 14.5. The minimum absolute atomic E-state index is 0.171. The first kappa shape index (κ1) is 17.9. The van der Waals surface area contributed by atoms with Gasteiger partial charge in [-0.25, -0.2) is 12.8 Å². The number of nitrogens with zero attached hydrogens (tertiary/aromatic N) is 1. The van der Waals surface area contributed by atoms with E-state index in [1.54, 1.807) is 0 Å². The molecule has 4 rings (SSSR count). The largest absolute Gasteiger partial charge is 0.489 e. The van der Waals surface area contributed by atoms with Crippen molar-refractivity contribution in [1.29, 1.82) is 0 Å². The van der Waals surface area contributed by atoms with E-state index in [2.05, 4.69) is 5.32 Å². The molecule has 1 saturated heterocycles. The maximum Gasteiger partial charge on any atom is 0.246 e. The summed E-state index contributed by atoms with van der Waals surface area (Å²) < 4.78 is 47.5. The standard InChI is InChI=1S/C19H19FN2O4S/c20-16-11-17-13(6-7-19(23)21-17)10-18(16)27(24,25)22-9-8-15(12-22)26-14-4-2-1-3-5-14/h1-5,10-11,15H,6-9,12H2,(H,21,23)/t15-/m0/s1. The lowest BCUT2D eigenvalue weighted by Crippen LogP contribution is -2.32. The molecule has 0 aliphatic carbocycles. The lowest BCUT2D eigenvalue weighted by Gasteiger charge is -2.21. The number of hydrogen-bond donors (Lipinski definition) is 1. The molecule has 2 aliphatic heterocycles. The first-order valence-electron chi connectivity index (χ1n) is 8.77. The van der Waals surface area contributed by atoms with Crippen LogP contribution in [0.4, 0.5) is 10.1 Å². The number of rotatable bonds is 4. The van der Waals surface area contributed by atoms with Gasteiger partial charge < -0.3 is 10.1 Å². The van der Waals surface area contributed by atoms with Crippen molar-refractivity contribution >= 4 is 21.6 Å². The van der Waals surface area contributed by atoms with E-state index >= 15 is 0 Å². The minimum Gasteiger partial charge on any atom is -0.489 e. The number of ether oxygens (including phenoxy) is 1. The molecule has 6 nitrogen and oxygen atoms in total. The highest BCUT2D eigenvalue weighted by Gasteiger charge is 2.36. The Morgan fingerprint density at radius 1 is 1.15 bits per heavy atom. The first-order valence-corrected chi connectivity index (χ1v) is 10.2. The summed E-state index contributed by atoms with van der Waals surface area (Å²) >= 11 is 0. The van der Waals surface area contributed by atoms with Crippen molar-refractivity contribution in [3.63, 3.8) is 0 Å². The quantitative estimate of drug-likeness (QED) is 0.871. The molecular weight excluding hydrogens is 371 g/mol. The van der Waals surface area contributed by atoms with Gasteiger partial charge in [0.1, 0.15) is 22.6 Å². The second-order valence-corrected chi connectivity index (χ2v) is 8.60. The van der Waals surface area contributed by atoms with Crippen molar-refractivity contribution in [3.8, 4) is 5.75 Å². The van der Waals surface area contributed by atoms with Gasteiger partial charge in [-0.1, -0.05) is 18.2 Å². The van der Waals surface area contributed by atoms with Crippen molar-refractivity contribution in [2.24, 2.45) is 0 Å². The zero-order valence-corrected chi connectivity index (χ0v) is 15.3. The van der Waals surface area contributed by atoms with Crippen molar-refractivity contribution in [2.45, 2.75) is 30.3 Å². The van der Waals surface area contributed by atoms with Crippen LogP contribution < -0.4 is 10.1 Å². The van der Waals surface area contributed by atoms with Crippen LogP contribution in [0.3, 0.4) is 0 Å². The van der Waals surface area contributed by atoms with Crippen LogP contribution in [0.5, 0.6) is 5.75 Å². The number of anilines is 1. The lowest BCUT2D eigenvalue weighted by atomic mass is 10.0. The average molecular weight is 390 g/mol. The van der Waals surface area contributed by atoms with Gasteiger partial charge in [-0.15, -0.1) is 0 Å². The fraction of sp³-hybridized carbons (Fsp3) is 0.316. The Bertz CT molecular complexity index is 979. The molecule has 0 unspecified atom stereocenters. The predicted molar refractivity (Wildman–Crippen MR) is 97.6 cm³/mol. The van der Waals surface area contributed by atoms with Crippen LogP contribution >= 0.6 is 0 Å². The second kappa shape index (κ2) is 6.94. The molecule has 1 atom stereocenters. The monoisotopic (exact) mass is 390 g/mol. The molecule has 1 fully saturated rings. The summed E-state index contributed by atoms with van der Waals surface area (Å²) in [6.07, 6.45) is 0.914. The Labute approximate surface area is 157 Å². The second-order valence-electron chi connectivity index (χ2n) is 6.69. The Balaban J connectivity index is 1.55. The van der Waals surface area contributed by atoms with Crippen molar-refractivity contribution in [3.05, 3.63) is 53.8 Å². The van der Waals surface area contributed by atoms with Gasteiger partial charge in [-0.2, -0.15) is 4.31 Å². The number of benzene rings is 2. The van der Waals surface area contributed by atoms with Crippen LogP contribution in [0, 0.1) is 5.82 Å². The summed E-state index contributed by atoms with van der Waals surface area (Å²) in [7, 11) is -3.98. The lowest BCUT2D eigenvalue weighted by molar-refractivity contribution is -0.116. The van der Waals surface area contributed by atoms with Crippen LogP contribution in [0.2, 0.25) is 0 Å². The molecule has 2 heterocycles. The molecule has 27 heavy (non-hydrogen) atoms. The molecule has 0 bridgehead atoms. The van der Waals surface area contributed by atoms with Gasteiger partial charge in [-0.3, -0.25) is 4.79 Å². The zero-order chi connectivity index (χ0) is 19.0. The first-order chi connectivity index (χ1) is 12.9. The summed E-state index contributed by atoms with van der Waals surface area (Å²) in [4.78, 5) is 11.1. The van der Waals surface area contributed by atoms with Gasteiger partial charge in [0.25, 0.3) is 0 Å². The Hall–Kier alpha value is -2.45. The Morgan fingerprint density at radius 3 is 2.70 bits per heavy atom. The van der Waals surface area contributed by atoms with Gasteiger partial charge in [0.2, 0.25) is 15.9 Å². The Morgan fingerprint density at radius 2 is 1.93 bits per heavy atom. The summed E-state index contributed by atoms with van der Waals surface area (Å²) in [6.45, 7) is 0.442. The summed E-state index contributed by atoms with van der Waals surface area (Å²) in [6, 6.07) is 11.6. The third kappa shape index (κ3) is 3.54. The number of hydrogen-bond acceptors (Lipinski definition) is 4. The van der Waals surface area contributed by atoms with E-state index in [0.717, 1.165) is 6.07 Å². The number of aryl methyl sites for hydroxylation is 1. The molecule has 2 aromatic carbocycles. The summed E-state index contributed by atoms with van der Waals surface area (Å²) in [5.74, 6) is -0.376. The maximum atomic E-state index is 14.5. The summed E-state index contributed by atoms with van der Waals surface area (Å²) in [5.41, 5.74) is 0.972. The predicted octanol–water partition coefficient (Wildman–Crippen LogP) is 2.55. The number of fused-ring (bicyclic) bond motifs is 1. The molecule has 1 N–H and O–H groups in total. The fourth-order valence-electron chi connectivity index (χ4n) is 3.42. The van der Waals surface area contributed by atoms with Crippen molar-refractivity contribution < 1.29 is 22.3 Å². The molecule has 1 amide bonds. The normalized spacial score (nSPS) is 20.2. The summed E-state index contributed by atoms with van der Waals surface area (Å²) in [5, 5.41) is 2.58. The van der Waals surface area contributed by atoms with E-state index in [1.165, 1.54) is 10.4 Å². The van der Waals surface area contributed by atoms with Crippen LogP contribution in [-0.4, -0.2) is 37.8 Å². The molecule has 0 saturated carbocycles. The highest BCUT2D eigenvalue weighted by Crippen LogP contribution is 2.31. The number of sulfonamides is 1. The molecule has 2 aromatic rings. The highest BCUT2D eigenvalue weighted by atomic mass is 32.2. The van der Waals surface area contributed by atoms with E-state index < -0.39 is 15.8 Å². The number of halogens is 1. The van der Waals surface area contributed by atoms with Gasteiger partial charge >= 0.3 is 0 Å². The SMILES string of the molecule is O=C1CCc2cc(S(=O)(=O)N3CC[C@H](Oc4ccccc4)C3)c(F)cc2N1. The smallest absolute Gasteiger partial charge is 0.246 e. The zero-order valence-electron chi connectivity index (χ0n) is 14.5. The number of carbonyl (C=O) groups is 1. The van der Waals surface area contributed by atoms with E-state index in [9.17, 15) is 17.6 Å². The number of nitrogens with one attached hydrogen (secondary N) is 1. The van der Waals surface area contributed by atoms with E-state index in [1.807, 2.05) is 30.3 Å². The molecular formula is C19H19FN2O4S. The third-order valence-electron chi connectivity index (χ3n) is 4.82. The van der Waals surface area contributed by atoms with Crippen molar-refractivity contribution in [2.75, 3.05) is 18.4 Å². The molecule has 0 radical (unpaired) electrons. The van der Waals surface area contributed by atoms with Crippen LogP contribution in [-0.2, 0) is 21.2 Å². The van der Waals surface area contributed by atoms with Gasteiger partial charge in [0, 0.05) is 18.7 Å². The molecule has 0 spiro atoms.